The van der Waals surface area contributed by atoms with Gasteiger partial charge in [0.1, 0.15) is 23.8 Å². The lowest BCUT2D eigenvalue weighted by Gasteiger charge is -2.37. The Bertz CT molecular complexity index is 1400. The second kappa shape index (κ2) is 14.6. The monoisotopic (exact) mass is 655 g/mol. The fourth-order valence-electron chi connectivity index (χ4n) is 6.30. The number of hydrogen-bond donors (Lipinski definition) is 5. The average Bonchev–Trinajstić information content (AvgIpc) is 3.58. The number of aromatic carboxylic acids is 1. The number of hydrogen-bond acceptors (Lipinski definition) is 9. The summed E-state index contributed by atoms with van der Waals surface area (Å²) in [5.41, 5.74) is -1.33. The predicted octanol–water partition coefficient (Wildman–Crippen LogP) is 0.584. The SMILES string of the molecule is CCC[C@H](NC(=O)[C@@H]1C2CCC[C@H]2CN1C(=O)[C@@H](NC(=O)[C@H](C)NC(=O)c1cnc(C(=O)O)cn1)C(C)(C)C)C(=O)C(=O)NC1CC1. The van der Waals surface area contributed by atoms with Crippen LogP contribution in [0.1, 0.15) is 101 Å². The Balaban J connectivity index is 1.48. The van der Waals surface area contributed by atoms with Gasteiger partial charge in [0.2, 0.25) is 23.5 Å². The lowest BCUT2D eigenvalue weighted by atomic mass is 9.85. The van der Waals surface area contributed by atoms with Crippen molar-refractivity contribution in [1.82, 2.24) is 36.1 Å². The lowest BCUT2D eigenvalue weighted by molar-refractivity contribution is -0.146. The summed E-state index contributed by atoms with van der Waals surface area (Å²) in [7, 11) is 0. The molecular weight excluding hydrogens is 610 g/mol. The van der Waals surface area contributed by atoms with Crippen LogP contribution in [-0.4, -0.2) is 98.0 Å². The topological polar surface area (TPSA) is 217 Å². The third kappa shape index (κ3) is 8.49. The van der Waals surface area contributed by atoms with Gasteiger partial charge < -0.3 is 31.3 Å². The summed E-state index contributed by atoms with van der Waals surface area (Å²) < 4.78 is 0. The van der Waals surface area contributed by atoms with Gasteiger partial charge in [0.05, 0.1) is 18.4 Å². The minimum absolute atomic E-state index is 0.00811. The Morgan fingerprint density at radius 1 is 0.957 bits per heavy atom. The van der Waals surface area contributed by atoms with Crippen LogP contribution in [0.5, 0.6) is 0 Å². The molecule has 3 aliphatic rings. The number of carbonyl (C=O) groups is 7. The van der Waals surface area contributed by atoms with Crippen molar-refractivity contribution in [2.75, 3.05) is 6.54 Å². The summed E-state index contributed by atoms with van der Waals surface area (Å²) in [5.74, 6) is -5.14. The van der Waals surface area contributed by atoms with Crippen LogP contribution < -0.4 is 21.3 Å². The van der Waals surface area contributed by atoms with Gasteiger partial charge in [-0.2, -0.15) is 0 Å². The van der Waals surface area contributed by atoms with Crippen LogP contribution in [0.2, 0.25) is 0 Å². The molecule has 0 bridgehead atoms. The Labute approximate surface area is 273 Å². The van der Waals surface area contributed by atoms with E-state index in [-0.39, 0.29) is 35.7 Å². The van der Waals surface area contributed by atoms with E-state index in [1.54, 1.807) is 20.8 Å². The molecule has 2 heterocycles. The first-order valence-corrected chi connectivity index (χ1v) is 16.2. The van der Waals surface area contributed by atoms with Gasteiger partial charge >= 0.3 is 5.97 Å². The van der Waals surface area contributed by atoms with E-state index in [1.165, 1.54) is 11.8 Å². The number of ketones is 1. The van der Waals surface area contributed by atoms with E-state index < -0.39 is 70.9 Å². The second-order valence-corrected chi connectivity index (χ2v) is 13.8. The Morgan fingerprint density at radius 3 is 2.19 bits per heavy atom. The van der Waals surface area contributed by atoms with Crippen molar-refractivity contribution in [2.45, 2.75) is 110 Å². The number of likely N-dealkylation sites (tertiary alicyclic amines) is 1. The highest BCUT2D eigenvalue weighted by atomic mass is 16.4. The molecule has 15 heteroatoms. The van der Waals surface area contributed by atoms with Crippen LogP contribution in [0.3, 0.4) is 0 Å². The van der Waals surface area contributed by atoms with E-state index >= 15 is 0 Å². The van der Waals surface area contributed by atoms with E-state index in [1.807, 2.05) is 6.92 Å². The molecule has 3 fully saturated rings. The van der Waals surface area contributed by atoms with Crippen molar-refractivity contribution in [3.63, 3.8) is 0 Å². The largest absolute Gasteiger partial charge is 0.476 e. The Morgan fingerprint density at radius 2 is 1.62 bits per heavy atom. The molecule has 5 N–H and O–H groups in total. The first kappa shape index (κ1) is 35.4. The average molecular weight is 656 g/mol. The fourth-order valence-corrected chi connectivity index (χ4v) is 6.30. The lowest BCUT2D eigenvalue weighted by Crippen LogP contribution is -2.61. The maximum absolute atomic E-state index is 14.3. The maximum Gasteiger partial charge on any atom is 0.356 e. The zero-order valence-electron chi connectivity index (χ0n) is 27.5. The molecule has 0 radical (unpaired) electrons. The number of carboxylic acids is 1. The van der Waals surface area contributed by atoms with Gasteiger partial charge in [0.25, 0.3) is 11.8 Å². The minimum atomic E-state index is -1.30. The van der Waals surface area contributed by atoms with Crippen molar-refractivity contribution in [3.8, 4) is 0 Å². The van der Waals surface area contributed by atoms with Crippen LogP contribution in [0.25, 0.3) is 0 Å². The molecule has 47 heavy (non-hydrogen) atoms. The van der Waals surface area contributed by atoms with Gasteiger partial charge in [0.15, 0.2) is 5.69 Å². The standard InChI is InChI=1S/C32H45N7O8/c1-6-8-20(24(40)29(44)36-18-11-12-18)37-28(43)23-19-10-7-9-17(19)15-39(23)30(45)25(32(3,4)5)38-26(41)16(2)35-27(42)21-13-34-22(14-33-21)31(46)47/h13-14,16-20,23,25H,6-12,15H2,1-5H3,(H,35,42)(H,36,44)(H,37,43)(H,38,41)(H,46,47)/t16-,17-,19?,20-,23-,25+/m0/s1. The van der Waals surface area contributed by atoms with Crippen LogP contribution in [0.4, 0.5) is 0 Å². The number of nitrogens with one attached hydrogen (secondary N) is 4. The number of nitrogens with zero attached hydrogens (tertiary/aromatic N) is 3. The molecule has 1 saturated heterocycles. The van der Waals surface area contributed by atoms with Crippen molar-refractivity contribution >= 4 is 41.3 Å². The first-order valence-electron chi connectivity index (χ1n) is 16.2. The van der Waals surface area contributed by atoms with Gasteiger partial charge in [-0.25, -0.2) is 14.8 Å². The van der Waals surface area contributed by atoms with E-state index in [2.05, 4.69) is 31.2 Å². The molecule has 256 valence electrons. The quantitative estimate of drug-likeness (QED) is 0.186. The van der Waals surface area contributed by atoms with Crippen molar-refractivity contribution < 1.29 is 38.7 Å². The number of aromatic nitrogens is 2. The predicted molar refractivity (Wildman–Crippen MR) is 167 cm³/mol. The summed E-state index contributed by atoms with van der Waals surface area (Å²) >= 11 is 0. The van der Waals surface area contributed by atoms with Crippen molar-refractivity contribution in [2.24, 2.45) is 17.3 Å². The number of rotatable bonds is 13. The number of Topliss-reactive ketones (excluding diaryl/α,β-unsaturated/α-hetero) is 1. The van der Waals surface area contributed by atoms with Gasteiger partial charge in [-0.1, -0.05) is 40.5 Å². The van der Waals surface area contributed by atoms with Crippen LogP contribution in [0.15, 0.2) is 12.4 Å². The summed E-state index contributed by atoms with van der Waals surface area (Å²) in [4.78, 5) is 99.6. The molecule has 0 spiro atoms. The smallest absolute Gasteiger partial charge is 0.356 e. The van der Waals surface area contributed by atoms with Gasteiger partial charge in [-0.3, -0.25) is 28.8 Å². The zero-order chi connectivity index (χ0) is 34.6. The van der Waals surface area contributed by atoms with Crippen molar-refractivity contribution in [3.05, 3.63) is 23.8 Å². The Kier molecular flexibility index (Phi) is 11.0. The number of carboxylic acid groups (broad SMARTS) is 1. The van der Waals surface area contributed by atoms with Crippen LogP contribution in [-0.2, 0) is 24.0 Å². The summed E-state index contributed by atoms with van der Waals surface area (Å²) in [5, 5.41) is 19.7. The minimum Gasteiger partial charge on any atom is -0.476 e. The van der Waals surface area contributed by atoms with Gasteiger partial charge in [0, 0.05) is 12.6 Å². The highest BCUT2D eigenvalue weighted by Gasteiger charge is 2.52. The molecule has 4 rings (SSSR count). The van der Waals surface area contributed by atoms with Gasteiger partial charge in [-0.15, -0.1) is 0 Å². The van der Waals surface area contributed by atoms with Crippen LogP contribution in [0, 0.1) is 17.3 Å². The van der Waals surface area contributed by atoms with Gasteiger partial charge in [-0.05, 0) is 56.3 Å². The summed E-state index contributed by atoms with van der Waals surface area (Å²) in [6, 6.07) is -4.08. The summed E-state index contributed by atoms with van der Waals surface area (Å²) in [6.07, 6.45) is 6.85. The van der Waals surface area contributed by atoms with E-state index in [4.69, 9.17) is 5.11 Å². The molecule has 1 unspecified atom stereocenters. The number of amides is 5. The molecule has 0 aromatic carbocycles. The molecular formula is C32H45N7O8. The molecule has 6 atom stereocenters. The zero-order valence-corrected chi connectivity index (χ0v) is 27.5. The highest BCUT2D eigenvalue weighted by molar-refractivity contribution is 6.38. The molecule has 1 aromatic heterocycles. The third-order valence-corrected chi connectivity index (χ3v) is 9.03. The Hall–Kier alpha value is -4.43. The number of fused-ring (bicyclic) bond motifs is 1. The maximum atomic E-state index is 14.3. The van der Waals surface area contributed by atoms with E-state index in [0.717, 1.165) is 44.5 Å². The molecule has 2 aliphatic carbocycles. The molecule has 1 aromatic rings. The molecule has 15 nitrogen and oxygen atoms in total. The normalized spacial score (nSPS) is 22.3. The summed E-state index contributed by atoms with van der Waals surface area (Å²) in [6.45, 7) is 8.93. The molecule has 2 saturated carbocycles. The van der Waals surface area contributed by atoms with E-state index in [9.17, 15) is 33.6 Å². The second-order valence-electron chi connectivity index (χ2n) is 13.8. The first-order chi connectivity index (χ1) is 22.1. The molecule has 5 amide bonds. The third-order valence-electron chi connectivity index (χ3n) is 9.03. The van der Waals surface area contributed by atoms with Crippen molar-refractivity contribution in [1.29, 1.82) is 0 Å². The number of carbonyl (C=O) groups excluding carboxylic acids is 6. The molecule has 1 aliphatic heterocycles. The highest BCUT2D eigenvalue weighted by Crippen LogP contribution is 2.43. The van der Waals surface area contributed by atoms with Crippen LogP contribution >= 0.6 is 0 Å². The fraction of sp³-hybridized carbons (Fsp3) is 0.656. The van der Waals surface area contributed by atoms with E-state index in [0.29, 0.717) is 13.0 Å².